The molecule has 0 heterocycles. The van der Waals surface area contributed by atoms with Crippen LogP contribution < -0.4 is 0 Å². The van der Waals surface area contributed by atoms with Crippen molar-refractivity contribution in [3.63, 3.8) is 0 Å². The summed E-state index contributed by atoms with van der Waals surface area (Å²) in [4.78, 5) is 38.1. The number of unbranched alkanes of at least 4 members (excludes halogenated alkanes) is 36. The average Bonchev–Trinajstić information content (AvgIpc) is 3.28. The Kier molecular flexibility index (Phi) is 49.6. The van der Waals surface area contributed by atoms with Crippen LogP contribution in [0, 0.1) is 11.8 Å². The molecule has 0 aromatic rings. The van der Waals surface area contributed by atoms with Crippen molar-refractivity contribution in [2.24, 2.45) is 11.8 Å². The predicted molar refractivity (Wildman–Crippen MR) is 275 cm³/mol. The molecule has 0 saturated carbocycles. The molecule has 380 valence electrons. The predicted octanol–water partition coefficient (Wildman–Crippen LogP) is 18.9. The van der Waals surface area contributed by atoms with E-state index in [1.165, 1.54) is 212 Å². The molecule has 0 aliphatic heterocycles. The van der Waals surface area contributed by atoms with E-state index in [1.54, 1.807) is 0 Å². The van der Waals surface area contributed by atoms with Crippen molar-refractivity contribution < 1.29 is 28.6 Å². The quantitative estimate of drug-likeness (QED) is 0.0344. The zero-order valence-electron chi connectivity index (χ0n) is 43.9. The second-order valence-electron chi connectivity index (χ2n) is 20.6. The number of carbonyl (C=O) groups excluding carboxylic acids is 3. The minimum absolute atomic E-state index is 0.0627. The highest BCUT2D eigenvalue weighted by molar-refractivity contribution is 5.71. The Labute approximate surface area is 399 Å². The Morgan fingerprint density at radius 2 is 0.594 bits per heavy atom. The normalized spacial score (nSPS) is 12.5. The lowest BCUT2D eigenvalue weighted by Gasteiger charge is -2.18. The van der Waals surface area contributed by atoms with Crippen LogP contribution in [0.25, 0.3) is 0 Å². The summed E-state index contributed by atoms with van der Waals surface area (Å²) in [6, 6.07) is 0. The third-order valence-electron chi connectivity index (χ3n) is 13.6. The Bertz CT molecular complexity index is 980. The van der Waals surface area contributed by atoms with Crippen molar-refractivity contribution >= 4 is 17.9 Å². The first-order valence-electron chi connectivity index (χ1n) is 28.8. The van der Waals surface area contributed by atoms with Crippen LogP contribution in [0.4, 0.5) is 0 Å². The molecule has 6 nitrogen and oxygen atoms in total. The summed E-state index contributed by atoms with van der Waals surface area (Å²) in [5.41, 5.74) is 0. The molecule has 0 radical (unpaired) electrons. The zero-order valence-corrected chi connectivity index (χ0v) is 43.9. The molecule has 0 bridgehead atoms. The molecule has 6 heteroatoms. The molecule has 2 atom stereocenters. The summed E-state index contributed by atoms with van der Waals surface area (Å²) in [7, 11) is 0. The van der Waals surface area contributed by atoms with E-state index in [1.807, 2.05) is 0 Å². The lowest BCUT2D eigenvalue weighted by Crippen LogP contribution is -2.30. The molecule has 0 aliphatic rings. The first kappa shape index (κ1) is 62.4. The van der Waals surface area contributed by atoms with Gasteiger partial charge >= 0.3 is 17.9 Å². The number of carbonyl (C=O) groups is 3. The van der Waals surface area contributed by atoms with E-state index in [-0.39, 0.29) is 31.1 Å². The van der Waals surface area contributed by atoms with Gasteiger partial charge in [-0.05, 0) is 31.1 Å². The maximum Gasteiger partial charge on any atom is 0.306 e. The van der Waals surface area contributed by atoms with Crippen LogP contribution in [0.5, 0.6) is 0 Å². The third-order valence-corrected chi connectivity index (χ3v) is 13.6. The molecule has 0 spiro atoms. The number of hydrogen-bond donors (Lipinski definition) is 0. The van der Waals surface area contributed by atoms with Crippen LogP contribution >= 0.6 is 0 Å². The van der Waals surface area contributed by atoms with Crippen molar-refractivity contribution in [3.8, 4) is 0 Å². The van der Waals surface area contributed by atoms with Gasteiger partial charge in [-0.15, -0.1) is 0 Å². The number of hydrogen-bond acceptors (Lipinski definition) is 6. The van der Waals surface area contributed by atoms with Gasteiger partial charge in [-0.2, -0.15) is 0 Å². The smallest absolute Gasteiger partial charge is 0.306 e. The lowest BCUT2D eigenvalue weighted by atomic mass is 9.99. The highest BCUT2D eigenvalue weighted by atomic mass is 16.6. The fourth-order valence-corrected chi connectivity index (χ4v) is 8.84. The topological polar surface area (TPSA) is 78.9 Å². The average molecular weight is 906 g/mol. The van der Waals surface area contributed by atoms with Crippen molar-refractivity contribution in [3.05, 3.63) is 0 Å². The van der Waals surface area contributed by atoms with Gasteiger partial charge in [0, 0.05) is 19.3 Å². The lowest BCUT2D eigenvalue weighted by molar-refractivity contribution is -0.167. The van der Waals surface area contributed by atoms with Gasteiger partial charge < -0.3 is 14.2 Å². The second-order valence-corrected chi connectivity index (χ2v) is 20.6. The van der Waals surface area contributed by atoms with E-state index < -0.39 is 6.10 Å². The molecular formula is C58H112O6. The minimum atomic E-state index is -0.762. The Morgan fingerprint density at radius 3 is 0.891 bits per heavy atom. The minimum Gasteiger partial charge on any atom is -0.462 e. The van der Waals surface area contributed by atoms with Crippen LogP contribution in [-0.4, -0.2) is 37.2 Å². The molecule has 0 fully saturated rings. The highest BCUT2D eigenvalue weighted by Crippen LogP contribution is 2.18. The number of rotatable bonds is 52. The van der Waals surface area contributed by atoms with Crippen molar-refractivity contribution in [2.75, 3.05) is 13.2 Å². The largest absolute Gasteiger partial charge is 0.462 e. The first-order chi connectivity index (χ1) is 31.3. The highest BCUT2D eigenvalue weighted by Gasteiger charge is 2.19. The van der Waals surface area contributed by atoms with Gasteiger partial charge in [0.25, 0.3) is 0 Å². The Hall–Kier alpha value is -1.59. The summed E-state index contributed by atoms with van der Waals surface area (Å²) < 4.78 is 16.9. The van der Waals surface area contributed by atoms with Gasteiger partial charge in [0.1, 0.15) is 13.2 Å². The van der Waals surface area contributed by atoms with Crippen LogP contribution in [0.3, 0.4) is 0 Å². The maximum atomic E-state index is 12.8. The summed E-state index contributed by atoms with van der Waals surface area (Å²) in [6.45, 7) is 11.4. The van der Waals surface area contributed by atoms with E-state index in [0.29, 0.717) is 19.3 Å². The van der Waals surface area contributed by atoms with Gasteiger partial charge in [0.15, 0.2) is 6.10 Å². The monoisotopic (exact) mass is 905 g/mol. The molecular weight excluding hydrogens is 793 g/mol. The molecule has 64 heavy (non-hydrogen) atoms. The van der Waals surface area contributed by atoms with Gasteiger partial charge in [-0.1, -0.05) is 285 Å². The summed E-state index contributed by atoms with van der Waals surface area (Å²) in [6.07, 6.45) is 53.7. The van der Waals surface area contributed by atoms with Gasteiger partial charge in [0.05, 0.1) is 0 Å². The van der Waals surface area contributed by atoms with Crippen LogP contribution in [0.15, 0.2) is 0 Å². The molecule has 0 amide bonds. The molecule has 1 unspecified atom stereocenters. The molecule has 0 N–H and O–H groups in total. The summed E-state index contributed by atoms with van der Waals surface area (Å²) in [5, 5.41) is 0. The zero-order chi connectivity index (χ0) is 46.8. The number of ether oxygens (including phenoxy) is 3. The van der Waals surface area contributed by atoms with Crippen molar-refractivity contribution in [2.45, 2.75) is 330 Å². The second kappa shape index (κ2) is 50.8. The van der Waals surface area contributed by atoms with Crippen molar-refractivity contribution in [1.82, 2.24) is 0 Å². The fourth-order valence-electron chi connectivity index (χ4n) is 8.84. The van der Waals surface area contributed by atoms with Crippen LogP contribution in [0.2, 0.25) is 0 Å². The third kappa shape index (κ3) is 49.8. The Morgan fingerprint density at radius 1 is 0.328 bits per heavy atom. The SMILES string of the molecule is CCCCCCCCCCCCCCCCC(=O)O[C@@H](COC(=O)CCCCCCCCCCCCCCCCC(C)CC)COC(=O)CCCCCCCCCCCCCC(C)C. The van der Waals surface area contributed by atoms with E-state index in [4.69, 9.17) is 14.2 Å². The Balaban J connectivity index is 4.29. The van der Waals surface area contributed by atoms with Crippen LogP contribution in [0.1, 0.15) is 324 Å². The maximum absolute atomic E-state index is 12.8. The van der Waals surface area contributed by atoms with Gasteiger partial charge in [-0.3, -0.25) is 14.4 Å². The molecule has 0 rings (SSSR count). The van der Waals surface area contributed by atoms with E-state index in [2.05, 4.69) is 34.6 Å². The van der Waals surface area contributed by atoms with E-state index in [9.17, 15) is 14.4 Å². The van der Waals surface area contributed by atoms with Gasteiger partial charge in [-0.25, -0.2) is 0 Å². The van der Waals surface area contributed by atoms with Crippen molar-refractivity contribution in [1.29, 1.82) is 0 Å². The van der Waals surface area contributed by atoms with Gasteiger partial charge in [0.2, 0.25) is 0 Å². The molecule has 0 aliphatic carbocycles. The molecule has 0 aromatic heterocycles. The fraction of sp³-hybridized carbons (Fsp3) is 0.948. The summed E-state index contributed by atoms with van der Waals surface area (Å²) >= 11 is 0. The van der Waals surface area contributed by atoms with E-state index in [0.717, 1.165) is 69.6 Å². The molecule has 0 saturated heterocycles. The van der Waals surface area contributed by atoms with E-state index >= 15 is 0 Å². The van der Waals surface area contributed by atoms with Crippen LogP contribution in [-0.2, 0) is 28.6 Å². The summed E-state index contributed by atoms with van der Waals surface area (Å²) in [5.74, 6) is 0.883. The first-order valence-corrected chi connectivity index (χ1v) is 28.8. The number of esters is 3. The molecule has 0 aromatic carbocycles. The standard InChI is InChI=1S/C58H112O6/c1-6-8-9-10-11-12-13-14-18-24-30-35-40-45-50-58(61)64-55(52-63-57(60)49-44-39-34-29-25-20-21-26-31-36-41-46-53(3)4)51-62-56(59)48-43-38-33-28-23-19-16-15-17-22-27-32-37-42-47-54(5)7-2/h53-55H,6-52H2,1-5H3/t54?,55-/m0/s1.